The van der Waals surface area contributed by atoms with Gasteiger partial charge in [-0.25, -0.2) is 17.9 Å². The maximum absolute atomic E-state index is 12.1. The summed E-state index contributed by atoms with van der Waals surface area (Å²) in [7, 11) is -3.80. The zero-order valence-corrected chi connectivity index (χ0v) is 12.4. The Morgan fingerprint density at radius 1 is 1.30 bits per heavy atom. The number of carboxylic acids is 1. The van der Waals surface area contributed by atoms with Gasteiger partial charge in [-0.15, -0.1) is 0 Å². The first-order valence-corrected chi connectivity index (χ1v) is 7.70. The number of hydrogen-bond donors (Lipinski definition) is 3. The van der Waals surface area contributed by atoms with Crippen molar-refractivity contribution >= 4 is 16.0 Å². The fourth-order valence-electron chi connectivity index (χ4n) is 1.94. The maximum atomic E-state index is 12.1. The summed E-state index contributed by atoms with van der Waals surface area (Å²) >= 11 is 0. The average Bonchev–Trinajstić information content (AvgIpc) is 2.26. The van der Waals surface area contributed by atoms with Crippen molar-refractivity contribution in [3.63, 3.8) is 0 Å². The van der Waals surface area contributed by atoms with Gasteiger partial charge in [0, 0.05) is 6.04 Å². The van der Waals surface area contributed by atoms with E-state index >= 15 is 0 Å². The highest BCUT2D eigenvalue weighted by molar-refractivity contribution is 7.89. The zero-order chi connectivity index (χ0) is 15.5. The van der Waals surface area contributed by atoms with Crippen molar-refractivity contribution in [2.24, 2.45) is 5.92 Å². The lowest BCUT2D eigenvalue weighted by Gasteiger charge is -2.16. The number of hydrogen-bond acceptors (Lipinski definition) is 4. The van der Waals surface area contributed by atoms with Crippen LogP contribution in [-0.4, -0.2) is 30.6 Å². The summed E-state index contributed by atoms with van der Waals surface area (Å²) in [6, 6.07) is 2.92. The number of nitrogens with one attached hydrogen (secondary N) is 1. The van der Waals surface area contributed by atoms with E-state index in [0.29, 0.717) is 12.3 Å². The normalized spacial score (nSPS) is 13.4. The molecule has 1 atom stereocenters. The van der Waals surface area contributed by atoms with Gasteiger partial charge in [-0.05, 0) is 37.5 Å². The monoisotopic (exact) mass is 301 g/mol. The van der Waals surface area contributed by atoms with Gasteiger partial charge in [0.15, 0.2) is 0 Å². The van der Waals surface area contributed by atoms with Crippen molar-refractivity contribution in [1.82, 2.24) is 4.72 Å². The molecule has 0 spiro atoms. The fraction of sp³-hybridized carbons (Fsp3) is 0.462. The lowest BCUT2D eigenvalue weighted by molar-refractivity contribution is 0.0693. The lowest BCUT2D eigenvalue weighted by atomic mass is 10.1. The Labute approximate surface area is 118 Å². The summed E-state index contributed by atoms with van der Waals surface area (Å²) < 4.78 is 26.7. The third-order valence-electron chi connectivity index (χ3n) is 2.69. The smallest absolute Gasteiger partial charge is 0.339 e. The lowest BCUT2D eigenvalue weighted by Crippen LogP contribution is -2.33. The van der Waals surface area contributed by atoms with E-state index in [2.05, 4.69) is 4.72 Å². The van der Waals surface area contributed by atoms with E-state index in [1.165, 1.54) is 6.07 Å². The molecular formula is C13H19NO5S. The van der Waals surface area contributed by atoms with Crippen LogP contribution in [0.2, 0.25) is 0 Å². The molecule has 1 rings (SSSR count). The third-order valence-corrected chi connectivity index (χ3v) is 4.28. The largest absolute Gasteiger partial charge is 0.507 e. The van der Waals surface area contributed by atoms with Crippen molar-refractivity contribution in [2.45, 2.75) is 38.1 Å². The molecule has 0 heterocycles. The maximum Gasteiger partial charge on any atom is 0.339 e. The molecule has 0 amide bonds. The van der Waals surface area contributed by atoms with Crippen LogP contribution in [0.3, 0.4) is 0 Å². The van der Waals surface area contributed by atoms with Crippen LogP contribution in [-0.2, 0) is 10.0 Å². The second-order valence-corrected chi connectivity index (χ2v) is 6.85. The minimum Gasteiger partial charge on any atom is -0.507 e. The second-order valence-electron chi connectivity index (χ2n) is 5.14. The molecule has 1 aromatic carbocycles. The van der Waals surface area contributed by atoms with Crippen molar-refractivity contribution in [3.8, 4) is 5.75 Å². The highest BCUT2D eigenvalue weighted by Crippen LogP contribution is 2.21. The highest BCUT2D eigenvalue weighted by Gasteiger charge is 2.21. The van der Waals surface area contributed by atoms with Gasteiger partial charge in [-0.3, -0.25) is 0 Å². The van der Waals surface area contributed by atoms with Crippen molar-refractivity contribution in [3.05, 3.63) is 23.8 Å². The Balaban J connectivity index is 3.04. The molecule has 1 aromatic rings. The summed E-state index contributed by atoms with van der Waals surface area (Å²) in [6.07, 6.45) is 0.670. The molecule has 0 saturated heterocycles. The standard InChI is InChI=1S/C13H19NO5S/c1-8(2)6-9(3)14-20(18,19)10-4-5-12(15)11(7-10)13(16)17/h4-5,7-9,14-15H,6H2,1-3H3,(H,16,17). The molecule has 0 aliphatic heterocycles. The van der Waals surface area contributed by atoms with Gasteiger partial charge in [-0.1, -0.05) is 13.8 Å². The van der Waals surface area contributed by atoms with Gasteiger partial charge in [-0.2, -0.15) is 0 Å². The van der Waals surface area contributed by atoms with Crippen LogP contribution in [0.1, 0.15) is 37.6 Å². The van der Waals surface area contributed by atoms with Gasteiger partial charge >= 0.3 is 5.97 Å². The summed E-state index contributed by atoms with van der Waals surface area (Å²) in [5.74, 6) is -1.51. The number of aromatic hydroxyl groups is 1. The van der Waals surface area contributed by atoms with Crippen LogP contribution in [0.15, 0.2) is 23.1 Å². The topological polar surface area (TPSA) is 104 Å². The summed E-state index contributed by atoms with van der Waals surface area (Å²) in [4.78, 5) is 10.7. The Hall–Kier alpha value is -1.60. The molecule has 0 aliphatic rings. The van der Waals surface area contributed by atoms with Gasteiger partial charge in [0.05, 0.1) is 4.90 Å². The Kier molecular flexibility index (Phi) is 5.13. The number of carbonyl (C=O) groups is 1. The van der Waals surface area contributed by atoms with Crippen LogP contribution in [0.5, 0.6) is 5.75 Å². The molecule has 112 valence electrons. The molecule has 0 saturated carbocycles. The third kappa shape index (κ3) is 4.21. The molecule has 6 nitrogen and oxygen atoms in total. The number of carboxylic acid groups (broad SMARTS) is 1. The number of phenols is 1. The average molecular weight is 301 g/mol. The molecule has 1 unspecified atom stereocenters. The van der Waals surface area contributed by atoms with Crippen LogP contribution in [0.4, 0.5) is 0 Å². The Morgan fingerprint density at radius 3 is 2.40 bits per heavy atom. The molecule has 0 fully saturated rings. The minimum atomic E-state index is -3.80. The summed E-state index contributed by atoms with van der Waals surface area (Å²) in [5.41, 5.74) is -0.440. The van der Waals surface area contributed by atoms with E-state index in [-0.39, 0.29) is 10.9 Å². The van der Waals surface area contributed by atoms with Crippen LogP contribution < -0.4 is 4.72 Å². The number of benzene rings is 1. The molecule has 7 heteroatoms. The van der Waals surface area contributed by atoms with Crippen LogP contribution in [0, 0.1) is 5.92 Å². The SMILES string of the molecule is CC(C)CC(C)NS(=O)(=O)c1ccc(O)c(C(=O)O)c1. The zero-order valence-electron chi connectivity index (χ0n) is 11.6. The number of sulfonamides is 1. The van der Waals surface area contributed by atoms with Gasteiger partial charge in [0.25, 0.3) is 0 Å². The summed E-state index contributed by atoms with van der Waals surface area (Å²) in [5, 5.41) is 18.3. The predicted octanol–water partition coefficient (Wildman–Crippen LogP) is 1.80. The van der Waals surface area contributed by atoms with Crippen molar-refractivity contribution < 1.29 is 23.4 Å². The van der Waals surface area contributed by atoms with E-state index in [1.807, 2.05) is 13.8 Å². The molecule has 0 aromatic heterocycles. The quantitative estimate of drug-likeness (QED) is 0.743. The van der Waals surface area contributed by atoms with Crippen LogP contribution in [0.25, 0.3) is 0 Å². The van der Waals surface area contributed by atoms with E-state index in [0.717, 1.165) is 12.1 Å². The number of rotatable bonds is 6. The minimum absolute atomic E-state index is 0.177. The predicted molar refractivity (Wildman–Crippen MR) is 74.3 cm³/mol. The number of aromatic carboxylic acids is 1. The van der Waals surface area contributed by atoms with E-state index in [4.69, 9.17) is 5.11 Å². The molecule has 0 bridgehead atoms. The van der Waals surface area contributed by atoms with E-state index in [1.54, 1.807) is 6.92 Å². The van der Waals surface area contributed by atoms with Crippen molar-refractivity contribution in [2.75, 3.05) is 0 Å². The van der Waals surface area contributed by atoms with Crippen molar-refractivity contribution in [1.29, 1.82) is 0 Å². The second kappa shape index (κ2) is 6.23. The van der Waals surface area contributed by atoms with E-state index < -0.39 is 27.3 Å². The molecule has 3 N–H and O–H groups in total. The van der Waals surface area contributed by atoms with E-state index in [9.17, 15) is 18.3 Å². The molecule has 0 radical (unpaired) electrons. The Morgan fingerprint density at radius 2 is 1.90 bits per heavy atom. The highest BCUT2D eigenvalue weighted by atomic mass is 32.2. The van der Waals surface area contributed by atoms with Crippen LogP contribution >= 0.6 is 0 Å². The first-order chi connectivity index (χ1) is 9.13. The van der Waals surface area contributed by atoms with Gasteiger partial charge in [0.2, 0.25) is 10.0 Å². The fourth-order valence-corrected chi connectivity index (χ4v) is 3.22. The first kappa shape index (κ1) is 16.5. The Bertz CT molecular complexity index is 595. The van der Waals surface area contributed by atoms with Gasteiger partial charge in [0.1, 0.15) is 11.3 Å². The molecular weight excluding hydrogens is 282 g/mol. The molecule has 0 aliphatic carbocycles. The van der Waals surface area contributed by atoms with Gasteiger partial charge < -0.3 is 10.2 Å². The first-order valence-electron chi connectivity index (χ1n) is 6.22. The summed E-state index contributed by atoms with van der Waals surface area (Å²) in [6.45, 7) is 5.71. The molecule has 20 heavy (non-hydrogen) atoms.